The highest BCUT2D eigenvalue weighted by atomic mass is 35.5. The lowest BCUT2D eigenvalue weighted by Gasteiger charge is -2.28. The molecular formula is C28H28ClO3P. The van der Waals surface area contributed by atoms with Gasteiger partial charge in [-0.25, -0.2) is 0 Å². The van der Waals surface area contributed by atoms with Crippen LogP contribution in [0, 0.1) is 0 Å². The normalized spacial score (nSPS) is 10.8. The molecule has 0 bridgehead atoms. The fourth-order valence-corrected chi connectivity index (χ4v) is 8.56. The molecule has 0 saturated heterocycles. The molecule has 5 heteroatoms. The summed E-state index contributed by atoms with van der Waals surface area (Å²) in [5.41, 5.74) is 1.09. The summed E-state index contributed by atoms with van der Waals surface area (Å²) in [6, 6.07) is 36.6. The van der Waals surface area contributed by atoms with E-state index in [4.69, 9.17) is 14.2 Å². The molecule has 0 radical (unpaired) electrons. The van der Waals surface area contributed by atoms with E-state index in [2.05, 4.69) is 97.1 Å². The van der Waals surface area contributed by atoms with Gasteiger partial charge >= 0.3 is 0 Å². The van der Waals surface area contributed by atoms with Gasteiger partial charge in [-0.1, -0.05) is 54.6 Å². The van der Waals surface area contributed by atoms with Gasteiger partial charge in [0.15, 0.2) is 11.5 Å². The minimum Gasteiger partial charge on any atom is -1.00 e. The molecule has 0 N–H and O–H groups in total. The maximum Gasteiger partial charge on any atom is 0.203 e. The van der Waals surface area contributed by atoms with Crippen molar-refractivity contribution in [3.05, 3.63) is 109 Å². The van der Waals surface area contributed by atoms with Crippen molar-refractivity contribution < 1.29 is 26.6 Å². The molecule has 4 aromatic carbocycles. The van der Waals surface area contributed by atoms with Gasteiger partial charge in [0.2, 0.25) is 5.75 Å². The number of ether oxygens (including phenoxy) is 3. The lowest BCUT2D eigenvalue weighted by molar-refractivity contribution is -0.00000704. The molecule has 0 heterocycles. The van der Waals surface area contributed by atoms with E-state index >= 15 is 0 Å². The summed E-state index contributed by atoms with van der Waals surface area (Å²) in [4.78, 5) is 0. The molecule has 0 aliphatic heterocycles. The Kier molecular flexibility index (Phi) is 8.38. The SMILES string of the molecule is COc1ccc(C[P+](c2ccccc2)(c2ccccc2)c2ccccc2)c(OC)c1OC.[Cl-]. The van der Waals surface area contributed by atoms with Crippen molar-refractivity contribution >= 4 is 23.2 Å². The fourth-order valence-electron chi connectivity index (χ4n) is 4.31. The molecule has 4 rings (SSSR count). The maximum atomic E-state index is 5.88. The Hall–Kier alpha value is -3.00. The molecule has 33 heavy (non-hydrogen) atoms. The van der Waals surface area contributed by atoms with Crippen LogP contribution in [0.25, 0.3) is 0 Å². The van der Waals surface area contributed by atoms with Gasteiger partial charge in [-0.2, -0.15) is 0 Å². The van der Waals surface area contributed by atoms with E-state index in [1.807, 2.05) is 6.07 Å². The van der Waals surface area contributed by atoms with E-state index in [9.17, 15) is 0 Å². The lowest BCUT2D eigenvalue weighted by Crippen LogP contribution is -3.00. The zero-order valence-electron chi connectivity index (χ0n) is 19.1. The van der Waals surface area contributed by atoms with E-state index in [1.165, 1.54) is 15.9 Å². The highest BCUT2D eigenvalue weighted by Crippen LogP contribution is 2.60. The summed E-state index contributed by atoms with van der Waals surface area (Å²) in [5, 5.41) is 3.98. The first-order valence-electron chi connectivity index (χ1n) is 10.6. The Bertz CT molecular complexity index is 1060. The predicted octanol–water partition coefficient (Wildman–Crippen LogP) is 2.21. The van der Waals surface area contributed by atoms with E-state index in [-0.39, 0.29) is 12.4 Å². The Morgan fingerprint density at radius 1 is 0.515 bits per heavy atom. The van der Waals surface area contributed by atoms with E-state index in [1.54, 1.807) is 21.3 Å². The van der Waals surface area contributed by atoms with Gasteiger partial charge in [-0.3, -0.25) is 0 Å². The zero-order chi connectivity index (χ0) is 22.4. The number of hydrogen-bond acceptors (Lipinski definition) is 3. The monoisotopic (exact) mass is 478 g/mol. The summed E-state index contributed by atoms with van der Waals surface area (Å²) in [7, 11) is 2.94. The molecule has 3 nitrogen and oxygen atoms in total. The van der Waals surface area contributed by atoms with Crippen LogP contribution >= 0.6 is 7.26 Å². The van der Waals surface area contributed by atoms with Crippen molar-refractivity contribution in [3.63, 3.8) is 0 Å². The molecule has 0 fully saturated rings. The van der Waals surface area contributed by atoms with Gasteiger partial charge < -0.3 is 26.6 Å². The lowest BCUT2D eigenvalue weighted by atomic mass is 10.2. The van der Waals surface area contributed by atoms with Crippen LogP contribution in [0.2, 0.25) is 0 Å². The Labute approximate surface area is 203 Å². The van der Waals surface area contributed by atoms with Crippen LogP contribution < -0.4 is 42.5 Å². The molecule has 0 aromatic heterocycles. The van der Waals surface area contributed by atoms with E-state index in [0.717, 1.165) is 17.5 Å². The van der Waals surface area contributed by atoms with Crippen LogP contribution in [-0.4, -0.2) is 21.3 Å². The van der Waals surface area contributed by atoms with Crippen molar-refractivity contribution in [1.82, 2.24) is 0 Å². The van der Waals surface area contributed by atoms with Crippen molar-refractivity contribution in [3.8, 4) is 17.2 Å². The van der Waals surface area contributed by atoms with Gasteiger partial charge in [0.25, 0.3) is 0 Å². The Balaban J connectivity index is 0.00000306. The first-order valence-corrected chi connectivity index (χ1v) is 12.5. The molecule has 0 saturated carbocycles. The summed E-state index contributed by atoms with van der Waals surface area (Å²) < 4.78 is 17.1. The molecule has 0 spiro atoms. The number of hydrogen-bond donors (Lipinski definition) is 0. The third kappa shape index (κ3) is 4.71. The second-order valence-corrected chi connectivity index (χ2v) is 11.0. The average Bonchev–Trinajstić information content (AvgIpc) is 2.88. The third-order valence-electron chi connectivity index (χ3n) is 5.78. The zero-order valence-corrected chi connectivity index (χ0v) is 20.7. The second-order valence-electron chi connectivity index (χ2n) is 7.47. The maximum absolute atomic E-state index is 5.88. The molecule has 0 atom stereocenters. The number of methoxy groups -OCH3 is 3. The van der Waals surface area contributed by atoms with Gasteiger partial charge in [-0.15, -0.1) is 0 Å². The van der Waals surface area contributed by atoms with Crippen LogP contribution in [-0.2, 0) is 6.16 Å². The molecule has 4 aromatic rings. The molecule has 0 aliphatic rings. The molecule has 170 valence electrons. The van der Waals surface area contributed by atoms with Crippen LogP contribution in [0.5, 0.6) is 17.2 Å². The predicted molar refractivity (Wildman–Crippen MR) is 135 cm³/mol. The van der Waals surface area contributed by atoms with Crippen LogP contribution in [0.4, 0.5) is 0 Å². The van der Waals surface area contributed by atoms with Crippen molar-refractivity contribution in [2.24, 2.45) is 0 Å². The van der Waals surface area contributed by atoms with E-state index < -0.39 is 7.26 Å². The van der Waals surface area contributed by atoms with Gasteiger partial charge in [-0.05, 0) is 48.5 Å². The number of rotatable bonds is 8. The topological polar surface area (TPSA) is 27.7 Å². The highest BCUT2D eigenvalue weighted by Gasteiger charge is 2.46. The Morgan fingerprint density at radius 3 is 1.30 bits per heavy atom. The minimum atomic E-state index is -2.05. The van der Waals surface area contributed by atoms with Crippen LogP contribution in [0.3, 0.4) is 0 Å². The third-order valence-corrected chi connectivity index (χ3v) is 10.1. The minimum absolute atomic E-state index is 0. The van der Waals surface area contributed by atoms with Crippen LogP contribution in [0.15, 0.2) is 103 Å². The first kappa shape index (κ1) is 24.6. The number of benzene rings is 4. The van der Waals surface area contributed by atoms with Gasteiger partial charge in [0.05, 0.1) is 21.3 Å². The second kappa shape index (κ2) is 11.2. The van der Waals surface area contributed by atoms with Crippen molar-refractivity contribution in [2.45, 2.75) is 6.16 Å². The summed E-state index contributed by atoms with van der Waals surface area (Å²) in [5.74, 6) is 2.01. The molecule has 0 unspecified atom stereocenters. The Morgan fingerprint density at radius 2 is 0.939 bits per heavy atom. The standard InChI is InChI=1S/C28H28O3P.ClH/c1-29-26-20-19-22(27(30-2)28(26)31-3)21-32(23-13-7-4-8-14-23,24-15-9-5-10-16-24)25-17-11-6-12-18-25;/h4-20H,21H2,1-3H3;1H/q+1;/p-1. The summed E-state index contributed by atoms with van der Waals surface area (Å²) in [6.07, 6.45) is 0.800. The molecule has 0 amide bonds. The molecule has 0 aliphatic carbocycles. The van der Waals surface area contributed by atoms with Gasteiger partial charge in [0.1, 0.15) is 29.3 Å². The smallest absolute Gasteiger partial charge is 0.203 e. The number of halogens is 1. The van der Waals surface area contributed by atoms with Gasteiger partial charge in [0, 0.05) is 5.56 Å². The van der Waals surface area contributed by atoms with E-state index in [0.29, 0.717) is 11.5 Å². The van der Waals surface area contributed by atoms with Crippen molar-refractivity contribution in [2.75, 3.05) is 21.3 Å². The first-order chi connectivity index (χ1) is 15.7. The quantitative estimate of drug-likeness (QED) is 0.363. The largest absolute Gasteiger partial charge is 1.00 e. The fraction of sp³-hybridized carbons (Fsp3) is 0.143. The average molecular weight is 479 g/mol. The summed E-state index contributed by atoms with van der Waals surface area (Å²) >= 11 is 0. The van der Waals surface area contributed by atoms with Crippen LogP contribution in [0.1, 0.15) is 5.56 Å². The highest BCUT2D eigenvalue weighted by molar-refractivity contribution is 7.95. The van der Waals surface area contributed by atoms with Crippen molar-refractivity contribution in [1.29, 1.82) is 0 Å². The molecular weight excluding hydrogens is 451 g/mol. The summed E-state index contributed by atoms with van der Waals surface area (Å²) in [6.45, 7) is 0.